The number of aryl methyl sites for hydroxylation is 1. The summed E-state index contributed by atoms with van der Waals surface area (Å²) < 4.78 is 0. The van der Waals surface area contributed by atoms with Crippen molar-refractivity contribution in [1.82, 2.24) is 0 Å². The van der Waals surface area contributed by atoms with Gasteiger partial charge in [0, 0.05) is 5.92 Å². The molecule has 12 heavy (non-hydrogen) atoms. The van der Waals surface area contributed by atoms with Crippen LogP contribution in [0.15, 0.2) is 24.3 Å². The van der Waals surface area contributed by atoms with E-state index in [1.807, 2.05) is 0 Å². The molecule has 0 saturated carbocycles. The Bertz CT molecular complexity index is 313. The zero-order valence-electron chi connectivity index (χ0n) is 6.89. The van der Waals surface area contributed by atoms with Crippen LogP contribution in [-0.2, 0) is 0 Å². The molecule has 1 aliphatic rings. The number of hydrogen-bond donors (Lipinski definition) is 0. The second kappa shape index (κ2) is 3.52. The topological polar surface area (TPSA) is 0 Å². The maximum absolute atomic E-state index is 2.22. The first-order valence-electron chi connectivity index (χ1n) is 3.90. The van der Waals surface area contributed by atoms with Crippen molar-refractivity contribution in [3.8, 4) is 0 Å². The van der Waals surface area contributed by atoms with Gasteiger partial charge in [0.05, 0.1) is 0 Å². The molecule has 0 heterocycles. The van der Waals surface area contributed by atoms with Gasteiger partial charge in [-0.25, -0.2) is 0 Å². The molecule has 1 radical (unpaired) electrons. The van der Waals surface area contributed by atoms with Crippen LogP contribution in [0.3, 0.4) is 0 Å². The molecule has 1 aromatic carbocycles. The quantitative estimate of drug-likeness (QED) is 0.499. The van der Waals surface area contributed by atoms with Gasteiger partial charge in [0.2, 0.25) is 0 Å². The Morgan fingerprint density at radius 3 is 2.50 bits per heavy atom. The molecule has 0 fully saturated rings. The zero-order chi connectivity index (χ0) is 7.84. The Morgan fingerprint density at radius 2 is 1.75 bits per heavy atom. The SMILES string of the molecule is C[C]1C=Cc2cc(C)ccc21.[LiH]. The number of rotatable bonds is 0. The van der Waals surface area contributed by atoms with E-state index >= 15 is 0 Å². The Labute approximate surface area is 85.9 Å². The molecule has 0 atom stereocenters. The van der Waals surface area contributed by atoms with Crippen molar-refractivity contribution in [2.24, 2.45) is 0 Å². The number of fused-ring (bicyclic) bond motifs is 1. The molecule has 0 amide bonds. The minimum atomic E-state index is 0. The van der Waals surface area contributed by atoms with Crippen molar-refractivity contribution in [3.05, 3.63) is 46.9 Å². The van der Waals surface area contributed by atoms with Crippen LogP contribution in [-0.4, -0.2) is 18.9 Å². The standard InChI is InChI=1S/C11H11.Li.H/c1-8-3-6-11-9(2)4-5-10(11)7-8;;/h3-7H,1-2H3;;. The Hall–Kier alpha value is -0.443. The first-order valence-corrected chi connectivity index (χ1v) is 3.90. The average Bonchev–Trinajstić information content (AvgIpc) is 2.32. The van der Waals surface area contributed by atoms with Gasteiger partial charge in [-0.05, 0) is 18.1 Å². The monoisotopic (exact) mass is 151 g/mol. The van der Waals surface area contributed by atoms with E-state index < -0.39 is 0 Å². The van der Waals surface area contributed by atoms with Gasteiger partial charge in [-0.15, -0.1) is 0 Å². The number of allylic oxidation sites excluding steroid dienone is 1. The normalized spacial score (nSPS) is 14.2. The minimum absolute atomic E-state index is 0. The Morgan fingerprint density at radius 1 is 1.00 bits per heavy atom. The van der Waals surface area contributed by atoms with Crippen LogP contribution in [0.5, 0.6) is 0 Å². The second-order valence-electron chi connectivity index (χ2n) is 3.11. The summed E-state index contributed by atoms with van der Waals surface area (Å²) >= 11 is 0. The molecule has 2 rings (SSSR count). The van der Waals surface area contributed by atoms with Gasteiger partial charge in [0.1, 0.15) is 0 Å². The van der Waals surface area contributed by atoms with Gasteiger partial charge in [0.25, 0.3) is 0 Å². The summed E-state index contributed by atoms with van der Waals surface area (Å²) in [4.78, 5) is 0. The van der Waals surface area contributed by atoms with E-state index in [9.17, 15) is 0 Å². The van der Waals surface area contributed by atoms with E-state index in [-0.39, 0.29) is 18.9 Å². The molecule has 0 unspecified atom stereocenters. The van der Waals surface area contributed by atoms with E-state index in [2.05, 4.69) is 44.2 Å². The summed E-state index contributed by atoms with van der Waals surface area (Å²) in [6.45, 7) is 4.28. The molecule has 1 heteroatoms. The predicted octanol–water partition coefficient (Wildman–Crippen LogP) is 2.32. The van der Waals surface area contributed by atoms with Crippen molar-refractivity contribution in [2.45, 2.75) is 13.8 Å². The molecule has 0 bridgehead atoms. The van der Waals surface area contributed by atoms with Crippen molar-refractivity contribution in [2.75, 3.05) is 0 Å². The van der Waals surface area contributed by atoms with Crippen molar-refractivity contribution >= 4 is 24.9 Å². The third-order valence-electron chi connectivity index (χ3n) is 2.14. The van der Waals surface area contributed by atoms with Gasteiger partial charge in [-0.2, -0.15) is 0 Å². The van der Waals surface area contributed by atoms with Crippen LogP contribution in [0, 0.1) is 12.8 Å². The van der Waals surface area contributed by atoms with E-state index in [4.69, 9.17) is 0 Å². The molecule has 0 saturated heterocycles. The summed E-state index contributed by atoms with van der Waals surface area (Å²) in [5, 5.41) is 0. The van der Waals surface area contributed by atoms with E-state index in [0.717, 1.165) is 0 Å². The molecular formula is C11H12Li. The van der Waals surface area contributed by atoms with Crippen LogP contribution in [0.2, 0.25) is 0 Å². The second-order valence-corrected chi connectivity index (χ2v) is 3.11. The molecule has 0 aliphatic heterocycles. The molecule has 1 aliphatic carbocycles. The average molecular weight is 151 g/mol. The number of hydrogen-bond acceptors (Lipinski definition) is 0. The summed E-state index contributed by atoms with van der Waals surface area (Å²) in [5.74, 6) is 1.38. The molecule has 1 aromatic rings. The van der Waals surface area contributed by atoms with Crippen LogP contribution in [0.4, 0.5) is 0 Å². The van der Waals surface area contributed by atoms with E-state index in [0.29, 0.717) is 0 Å². The third-order valence-corrected chi connectivity index (χ3v) is 2.14. The van der Waals surface area contributed by atoms with Crippen molar-refractivity contribution < 1.29 is 0 Å². The third kappa shape index (κ3) is 1.51. The Kier molecular flexibility index (Phi) is 2.83. The van der Waals surface area contributed by atoms with Crippen molar-refractivity contribution in [1.29, 1.82) is 0 Å². The molecule has 0 aromatic heterocycles. The fourth-order valence-electron chi connectivity index (χ4n) is 1.48. The van der Waals surface area contributed by atoms with Gasteiger partial charge >= 0.3 is 18.9 Å². The van der Waals surface area contributed by atoms with Crippen LogP contribution in [0.1, 0.15) is 23.6 Å². The molecule has 0 spiro atoms. The van der Waals surface area contributed by atoms with Crippen molar-refractivity contribution in [3.63, 3.8) is 0 Å². The molecule has 0 nitrogen and oxygen atoms in total. The first kappa shape index (κ1) is 9.64. The van der Waals surface area contributed by atoms with E-state index in [1.54, 1.807) is 0 Å². The van der Waals surface area contributed by atoms with E-state index in [1.165, 1.54) is 22.6 Å². The Balaban J connectivity index is 0.000000720. The first-order chi connectivity index (χ1) is 5.27. The molecule has 0 N–H and O–H groups in total. The summed E-state index contributed by atoms with van der Waals surface area (Å²) in [6, 6.07) is 6.58. The summed E-state index contributed by atoms with van der Waals surface area (Å²) in [5.41, 5.74) is 4.08. The van der Waals surface area contributed by atoms with Gasteiger partial charge in [-0.3, -0.25) is 0 Å². The maximum atomic E-state index is 2.22. The van der Waals surface area contributed by atoms with Crippen LogP contribution in [0.25, 0.3) is 6.08 Å². The molecule has 57 valence electrons. The van der Waals surface area contributed by atoms with Gasteiger partial charge in [0.15, 0.2) is 0 Å². The predicted molar refractivity (Wildman–Crippen MR) is 55.4 cm³/mol. The summed E-state index contributed by atoms with van der Waals surface area (Å²) in [7, 11) is 0. The fraction of sp³-hybridized carbons (Fsp3) is 0.182. The van der Waals surface area contributed by atoms with Gasteiger partial charge in [-0.1, -0.05) is 42.8 Å². The number of benzene rings is 1. The zero-order valence-corrected chi connectivity index (χ0v) is 6.89. The van der Waals surface area contributed by atoms with Gasteiger partial charge < -0.3 is 0 Å². The van der Waals surface area contributed by atoms with Crippen LogP contribution < -0.4 is 0 Å². The van der Waals surface area contributed by atoms with Crippen LogP contribution >= 0.6 is 0 Å². The summed E-state index contributed by atoms with van der Waals surface area (Å²) in [6.07, 6.45) is 4.35. The fourth-order valence-corrected chi connectivity index (χ4v) is 1.48. The molecular weight excluding hydrogens is 139 g/mol.